The van der Waals surface area contributed by atoms with Crippen LogP contribution in [0.2, 0.25) is 5.02 Å². The van der Waals surface area contributed by atoms with Gasteiger partial charge in [-0.05, 0) is 36.8 Å². The Kier molecular flexibility index (Phi) is 6.75. The lowest BCUT2D eigenvalue weighted by Gasteiger charge is -2.36. The lowest BCUT2D eigenvalue weighted by atomic mass is 10.1. The first-order valence-electron chi connectivity index (χ1n) is 9.18. The predicted molar refractivity (Wildman–Crippen MR) is 108 cm³/mol. The van der Waals surface area contributed by atoms with Crippen LogP contribution in [-0.4, -0.2) is 48.1 Å². The van der Waals surface area contributed by atoms with E-state index in [2.05, 4.69) is 23.7 Å². The lowest BCUT2D eigenvalue weighted by Crippen LogP contribution is -2.52. The topological polar surface area (TPSA) is 32.8 Å². The van der Waals surface area contributed by atoms with Crippen LogP contribution in [0.3, 0.4) is 0 Å². The summed E-state index contributed by atoms with van der Waals surface area (Å²) in [4.78, 5) is 16.4. The molecule has 27 heavy (non-hydrogen) atoms. The molecule has 1 atom stereocenters. The molecule has 2 aromatic rings. The minimum atomic E-state index is -0.293. The van der Waals surface area contributed by atoms with Gasteiger partial charge in [0.2, 0.25) is 0 Å². The highest BCUT2D eigenvalue weighted by Crippen LogP contribution is 2.14. The van der Waals surface area contributed by atoms with Gasteiger partial charge in [-0.25, -0.2) is 4.79 Å². The average Bonchev–Trinajstić information content (AvgIpc) is 2.70. The highest BCUT2D eigenvalue weighted by molar-refractivity contribution is 6.30. The fourth-order valence-electron chi connectivity index (χ4n) is 3.05. The highest BCUT2D eigenvalue weighted by Gasteiger charge is 2.25. The zero-order valence-corrected chi connectivity index (χ0v) is 16.2. The largest absolute Gasteiger partial charge is 0.415 e. The molecule has 0 radical (unpaired) electrons. The van der Waals surface area contributed by atoms with E-state index in [1.807, 2.05) is 42.5 Å². The maximum atomic E-state index is 12.3. The monoisotopic (exact) mass is 382 g/mol. The zero-order chi connectivity index (χ0) is 19.1. The van der Waals surface area contributed by atoms with Crippen LogP contribution in [0.5, 0.6) is 5.75 Å². The molecule has 1 unspecified atom stereocenters. The Hall–Kier alpha value is -2.48. The number of ether oxygens (including phenoxy) is 1. The van der Waals surface area contributed by atoms with Crippen LogP contribution in [0.15, 0.2) is 54.6 Å². The molecular weight excluding hydrogens is 360 g/mol. The second-order valence-electron chi connectivity index (χ2n) is 6.41. The van der Waals surface area contributed by atoms with E-state index in [1.54, 1.807) is 17.0 Å². The van der Waals surface area contributed by atoms with Crippen molar-refractivity contribution in [3.05, 3.63) is 65.2 Å². The quantitative estimate of drug-likeness (QED) is 0.742. The molecule has 0 saturated carbocycles. The van der Waals surface area contributed by atoms with Crippen molar-refractivity contribution in [1.29, 1.82) is 0 Å². The van der Waals surface area contributed by atoms with Crippen LogP contribution in [0.1, 0.15) is 18.9 Å². The van der Waals surface area contributed by atoms with E-state index in [0.29, 0.717) is 23.9 Å². The number of hydrogen-bond donors (Lipinski definition) is 0. The van der Waals surface area contributed by atoms with E-state index in [-0.39, 0.29) is 12.1 Å². The minimum Gasteiger partial charge on any atom is -0.410 e. The van der Waals surface area contributed by atoms with Gasteiger partial charge < -0.3 is 9.64 Å². The Morgan fingerprint density at radius 2 is 1.85 bits per heavy atom. The van der Waals surface area contributed by atoms with Gasteiger partial charge in [0.05, 0.1) is 6.04 Å². The van der Waals surface area contributed by atoms with Crippen molar-refractivity contribution in [2.45, 2.75) is 19.4 Å². The van der Waals surface area contributed by atoms with Crippen LogP contribution in [0, 0.1) is 11.8 Å². The highest BCUT2D eigenvalue weighted by atomic mass is 35.5. The number of rotatable bonds is 3. The SMILES string of the molecule is CCC(C#Cc1cccc(Cl)c1)N1CCN(C(=O)Oc2ccccc2)CC1. The number of carbonyl (C=O) groups excluding carboxylic acids is 1. The molecule has 0 bridgehead atoms. The molecule has 0 spiro atoms. The molecule has 5 heteroatoms. The molecule has 0 aliphatic carbocycles. The van der Waals surface area contributed by atoms with Gasteiger partial charge in [-0.2, -0.15) is 0 Å². The summed E-state index contributed by atoms with van der Waals surface area (Å²) >= 11 is 6.02. The number of halogens is 1. The van der Waals surface area contributed by atoms with Gasteiger partial charge >= 0.3 is 6.09 Å². The fourth-order valence-corrected chi connectivity index (χ4v) is 3.24. The van der Waals surface area contributed by atoms with Gasteiger partial charge in [-0.15, -0.1) is 0 Å². The van der Waals surface area contributed by atoms with E-state index in [1.165, 1.54) is 0 Å². The molecule has 4 nitrogen and oxygen atoms in total. The van der Waals surface area contributed by atoms with Gasteiger partial charge in [-0.1, -0.05) is 54.6 Å². The van der Waals surface area contributed by atoms with Crippen LogP contribution >= 0.6 is 11.6 Å². The first-order valence-corrected chi connectivity index (χ1v) is 9.56. The lowest BCUT2D eigenvalue weighted by molar-refractivity contribution is 0.0999. The smallest absolute Gasteiger partial charge is 0.410 e. The molecule has 1 amide bonds. The number of amides is 1. The van der Waals surface area contributed by atoms with Crippen molar-refractivity contribution < 1.29 is 9.53 Å². The van der Waals surface area contributed by atoms with E-state index < -0.39 is 0 Å². The Labute approximate surface area is 165 Å². The molecule has 1 saturated heterocycles. The van der Waals surface area contributed by atoms with Crippen LogP contribution < -0.4 is 4.74 Å². The van der Waals surface area contributed by atoms with Crippen LogP contribution in [-0.2, 0) is 0 Å². The van der Waals surface area contributed by atoms with Crippen molar-refractivity contribution in [1.82, 2.24) is 9.80 Å². The van der Waals surface area contributed by atoms with Gasteiger partial charge in [0.15, 0.2) is 0 Å². The summed E-state index contributed by atoms with van der Waals surface area (Å²) in [6.07, 6.45) is 0.640. The van der Waals surface area contributed by atoms with Crippen molar-refractivity contribution in [2.24, 2.45) is 0 Å². The number of piperazine rings is 1. The van der Waals surface area contributed by atoms with Gasteiger partial charge in [0.1, 0.15) is 5.75 Å². The predicted octanol–water partition coefficient (Wildman–Crippen LogP) is 4.29. The standard InChI is InChI=1S/C22H23ClN2O2/c1-2-20(12-11-18-7-6-8-19(23)17-18)24-13-15-25(16-14-24)22(26)27-21-9-4-3-5-10-21/h3-10,17,20H,2,13-16H2,1H3. The average molecular weight is 383 g/mol. The third-order valence-corrected chi connectivity index (χ3v) is 4.79. The number of nitrogens with zero attached hydrogens (tertiary/aromatic N) is 2. The first-order chi connectivity index (χ1) is 13.2. The maximum absolute atomic E-state index is 12.3. The summed E-state index contributed by atoms with van der Waals surface area (Å²) in [6.45, 7) is 4.98. The molecular formula is C22H23ClN2O2. The molecule has 1 fully saturated rings. The Morgan fingerprint density at radius 1 is 1.11 bits per heavy atom. The van der Waals surface area contributed by atoms with E-state index >= 15 is 0 Å². The van der Waals surface area contributed by atoms with Gasteiger partial charge in [0.25, 0.3) is 0 Å². The first kappa shape index (κ1) is 19.3. The van der Waals surface area contributed by atoms with Crippen LogP contribution in [0.4, 0.5) is 4.79 Å². The van der Waals surface area contributed by atoms with E-state index in [0.717, 1.165) is 25.1 Å². The van der Waals surface area contributed by atoms with Crippen LogP contribution in [0.25, 0.3) is 0 Å². The summed E-state index contributed by atoms with van der Waals surface area (Å²) in [6, 6.07) is 16.9. The summed E-state index contributed by atoms with van der Waals surface area (Å²) in [5, 5.41) is 0.695. The zero-order valence-electron chi connectivity index (χ0n) is 15.4. The Bertz CT molecular complexity index is 821. The number of carbonyl (C=O) groups is 1. The Morgan fingerprint density at radius 3 is 2.52 bits per heavy atom. The summed E-state index contributed by atoms with van der Waals surface area (Å²) in [5.74, 6) is 7.14. The molecule has 0 N–H and O–H groups in total. The second-order valence-corrected chi connectivity index (χ2v) is 6.84. The second kappa shape index (κ2) is 9.45. The third kappa shape index (κ3) is 5.50. The van der Waals surface area contributed by atoms with E-state index in [4.69, 9.17) is 16.3 Å². The van der Waals surface area contributed by atoms with Crippen molar-refractivity contribution >= 4 is 17.7 Å². The summed E-state index contributed by atoms with van der Waals surface area (Å²) < 4.78 is 5.42. The minimum absolute atomic E-state index is 0.163. The summed E-state index contributed by atoms with van der Waals surface area (Å²) in [5.41, 5.74) is 0.922. The molecule has 1 heterocycles. The van der Waals surface area contributed by atoms with Crippen molar-refractivity contribution in [3.8, 4) is 17.6 Å². The molecule has 2 aromatic carbocycles. The maximum Gasteiger partial charge on any atom is 0.415 e. The van der Waals surface area contributed by atoms with E-state index in [9.17, 15) is 4.79 Å². The molecule has 140 valence electrons. The Balaban J connectivity index is 1.55. The summed E-state index contributed by atoms with van der Waals surface area (Å²) in [7, 11) is 0. The molecule has 1 aliphatic rings. The molecule has 0 aromatic heterocycles. The van der Waals surface area contributed by atoms with Gasteiger partial charge in [0, 0.05) is 36.8 Å². The fraction of sp³-hybridized carbons (Fsp3) is 0.318. The third-order valence-electron chi connectivity index (χ3n) is 4.56. The molecule has 1 aliphatic heterocycles. The number of hydrogen-bond acceptors (Lipinski definition) is 3. The number of benzene rings is 2. The number of para-hydroxylation sites is 1. The normalized spacial score (nSPS) is 15.6. The molecule has 3 rings (SSSR count). The van der Waals surface area contributed by atoms with Crippen molar-refractivity contribution in [3.63, 3.8) is 0 Å². The van der Waals surface area contributed by atoms with Crippen molar-refractivity contribution in [2.75, 3.05) is 26.2 Å². The van der Waals surface area contributed by atoms with Gasteiger partial charge in [-0.3, -0.25) is 4.90 Å².